The molecule has 2 heterocycles. The lowest BCUT2D eigenvalue weighted by Crippen LogP contribution is -2.13. The molecule has 2 aromatic heterocycles. The Morgan fingerprint density at radius 3 is 2.68 bits per heavy atom. The van der Waals surface area contributed by atoms with Gasteiger partial charge in [0.15, 0.2) is 0 Å². The van der Waals surface area contributed by atoms with Gasteiger partial charge in [0.2, 0.25) is 0 Å². The average Bonchev–Trinajstić information content (AvgIpc) is 2.83. The molecule has 2 rings (SSSR count). The first-order valence-electron chi connectivity index (χ1n) is 6.44. The molecular formula is C13H20ClN5. The minimum absolute atomic E-state index is 0.647. The zero-order chi connectivity index (χ0) is 14.0. The maximum absolute atomic E-state index is 6.27. The van der Waals surface area contributed by atoms with Gasteiger partial charge in [0.1, 0.15) is 0 Å². The first kappa shape index (κ1) is 14.1. The van der Waals surface area contributed by atoms with Gasteiger partial charge in [0.25, 0.3) is 0 Å². The second kappa shape index (κ2) is 5.75. The first-order valence-corrected chi connectivity index (χ1v) is 6.82. The predicted molar refractivity (Wildman–Crippen MR) is 76.4 cm³/mol. The number of aromatic nitrogens is 4. The van der Waals surface area contributed by atoms with Crippen LogP contribution < -0.4 is 5.32 Å². The van der Waals surface area contributed by atoms with Crippen molar-refractivity contribution < 1.29 is 0 Å². The van der Waals surface area contributed by atoms with Crippen LogP contribution in [0.25, 0.3) is 0 Å². The van der Waals surface area contributed by atoms with E-state index in [4.69, 9.17) is 11.6 Å². The standard InChI is InChI=1S/C13H20ClN5/c1-5-15-6-11-7-16-19(10(11)3)8-12-13(14)9(2)17-18(12)4/h7,15H,5-6,8H2,1-4H3. The second-order valence-electron chi connectivity index (χ2n) is 4.66. The van der Waals surface area contributed by atoms with Crippen LogP contribution in [0.2, 0.25) is 5.02 Å². The predicted octanol–water partition coefficient (Wildman–Crippen LogP) is 2.04. The zero-order valence-corrected chi connectivity index (χ0v) is 12.6. The van der Waals surface area contributed by atoms with Crippen LogP contribution in [0.15, 0.2) is 6.20 Å². The molecule has 1 N–H and O–H groups in total. The maximum Gasteiger partial charge on any atom is 0.0866 e. The lowest BCUT2D eigenvalue weighted by molar-refractivity contribution is 0.604. The summed E-state index contributed by atoms with van der Waals surface area (Å²) in [6.45, 7) is 8.54. The molecule has 0 radical (unpaired) electrons. The molecule has 6 heteroatoms. The van der Waals surface area contributed by atoms with Crippen molar-refractivity contribution in [1.82, 2.24) is 24.9 Å². The Labute approximate surface area is 118 Å². The maximum atomic E-state index is 6.27. The largest absolute Gasteiger partial charge is 0.313 e. The lowest BCUT2D eigenvalue weighted by Gasteiger charge is -2.07. The third kappa shape index (κ3) is 2.82. The van der Waals surface area contributed by atoms with Crippen LogP contribution in [0, 0.1) is 13.8 Å². The van der Waals surface area contributed by atoms with Gasteiger partial charge >= 0.3 is 0 Å². The Hall–Kier alpha value is -1.33. The van der Waals surface area contributed by atoms with Crippen molar-refractivity contribution in [2.45, 2.75) is 33.9 Å². The monoisotopic (exact) mass is 281 g/mol. The number of nitrogens with one attached hydrogen (secondary N) is 1. The highest BCUT2D eigenvalue weighted by molar-refractivity contribution is 6.31. The Morgan fingerprint density at radius 1 is 1.37 bits per heavy atom. The molecule has 0 aliphatic heterocycles. The van der Waals surface area contributed by atoms with Gasteiger partial charge in [-0.25, -0.2) is 0 Å². The van der Waals surface area contributed by atoms with E-state index in [0.717, 1.165) is 35.2 Å². The fourth-order valence-electron chi connectivity index (χ4n) is 2.07. The Morgan fingerprint density at radius 2 is 2.11 bits per heavy atom. The summed E-state index contributed by atoms with van der Waals surface area (Å²) in [5.41, 5.74) is 4.23. The summed E-state index contributed by atoms with van der Waals surface area (Å²) in [5.74, 6) is 0. The molecule has 0 bridgehead atoms. The van der Waals surface area contributed by atoms with E-state index in [1.165, 1.54) is 5.56 Å². The number of hydrogen-bond acceptors (Lipinski definition) is 3. The van der Waals surface area contributed by atoms with Crippen LogP contribution in [0.3, 0.4) is 0 Å². The van der Waals surface area contributed by atoms with Crippen molar-refractivity contribution in [1.29, 1.82) is 0 Å². The van der Waals surface area contributed by atoms with Gasteiger partial charge in [-0.2, -0.15) is 10.2 Å². The molecule has 0 saturated carbocycles. The van der Waals surface area contributed by atoms with Crippen molar-refractivity contribution in [3.63, 3.8) is 0 Å². The second-order valence-corrected chi connectivity index (χ2v) is 5.04. The molecule has 2 aromatic rings. The minimum atomic E-state index is 0.647. The van der Waals surface area contributed by atoms with Crippen molar-refractivity contribution >= 4 is 11.6 Å². The van der Waals surface area contributed by atoms with E-state index in [1.807, 2.05) is 29.5 Å². The molecule has 0 aliphatic rings. The van der Waals surface area contributed by atoms with Crippen molar-refractivity contribution in [2.24, 2.45) is 7.05 Å². The van der Waals surface area contributed by atoms with E-state index >= 15 is 0 Å². The number of hydrogen-bond donors (Lipinski definition) is 1. The number of aryl methyl sites for hydroxylation is 2. The van der Waals surface area contributed by atoms with E-state index < -0.39 is 0 Å². The Balaban J connectivity index is 2.22. The van der Waals surface area contributed by atoms with Gasteiger partial charge in [0.05, 0.1) is 29.2 Å². The third-order valence-electron chi connectivity index (χ3n) is 3.33. The van der Waals surface area contributed by atoms with Crippen molar-refractivity contribution in [3.8, 4) is 0 Å². The van der Waals surface area contributed by atoms with Crippen LogP contribution >= 0.6 is 11.6 Å². The molecule has 0 fully saturated rings. The van der Waals surface area contributed by atoms with E-state index in [-0.39, 0.29) is 0 Å². The van der Waals surface area contributed by atoms with E-state index in [9.17, 15) is 0 Å². The minimum Gasteiger partial charge on any atom is -0.313 e. The summed E-state index contributed by atoms with van der Waals surface area (Å²) in [4.78, 5) is 0. The SMILES string of the molecule is CCNCc1cnn(Cc2c(Cl)c(C)nn2C)c1C. The van der Waals surface area contributed by atoms with Gasteiger partial charge in [0, 0.05) is 24.8 Å². The molecule has 19 heavy (non-hydrogen) atoms. The molecule has 0 aromatic carbocycles. The van der Waals surface area contributed by atoms with Crippen molar-refractivity contribution in [2.75, 3.05) is 6.54 Å². The lowest BCUT2D eigenvalue weighted by atomic mass is 10.2. The molecule has 0 saturated heterocycles. The molecule has 5 nitrogen and oxygen atoms in total. The average molecular weight is 282 g/mol. The summed E-state index contributed by atoms with van der Waals surface area (Å²) in [5, 5.41) is 12.8. The van der Waals surface area contributed by atoms with Gasteiger partial charge in [-0.3, -0.25) is 9.36 Å². The van der Waals surface area contributed by atoms with Crippen LogP contribution in [0.4, 0.5) is 0 Å². The summed E-state index contributed by atoms with van der Waals surface area (Å²) in [7, 11) is 1.91. The summed E-state index contributed by atoms with van der Waals surface area (Å²) < 4.78 is 3.79. The third-order valence-corrected chi connectivity index (χ3v) is 3.82. The Kier molecular flexibility index (Phi) is 4.27. The van der Waals surface area contributed by atoms with E-state index in [0.29, 0.717) is 6.54 Å². The quantitative estimate of drug-likeness (QED) is 0.912. The van der Waals surface area contributed by atoms with Crippen LogP contribution in [0.5, 0.6) is 0 Å². The first-order chi connectivity index (χ1) is 9.04. The van der Waals surface area contributed by atoms with Crippen LogP contribution in [-0.4, -0.2) is 26.1 Å². The van der Waals surface area contributed by atoms with Gasteiger partial charge in [-0.15, -0.1) is 0 Å². The number of nitrogens with zero attached hydrogens (tertiary/aromatic N) is 4. The topological polar surface area (TPSA) is 47.7 Å². The highest BCUT2D eigenvalue weighted by Gasteiger charge is 2.14. The van der Waals surface area contributed by atoms with Gasteiger partial charge in [-0.1, -0.05) is 18.5 Å². The van der Waals surface area contributed by atoms with Crippen molar-refractivity contribution in [3.05, 3.63) is 33.9 Å². The number of rotatable bonds is 5. The highest BCUT2D eigenvalue weighted by Crippen LogP contribution is 2.21. The molecular weight excluding hydrogens is 262 g/mol. The smallest absolute Gasteiger partial charge is 0.0866 e. The highest BCUT2D eigenvalue weighted by atomic mass is 35.5. The van der Waals surface area contributed by atoms with E-state index in [2.05, 4.69) is 29.4 Å². The van der Waals surface area contributed by atoms with E-state index in [1.54, 1.807) is 0 Å². The molecule has 0 amide bonds. The zero-order valence-electron chi connectivity index (χ0n) is 11.9. The summed E-state index contributed by atoms with van der Waals surface area (Å²) in [6, 6.07) is 0. The number of halogens is 1. The van der Waals surface area contributed by atoms with Crippen LogP contribution in [-0.2, 0) is 20.1 Å². The fraction of sp³-hybridized carbons (Fsp3) is 0.538. The molecule has 0 atom stereocenters. The Bertz CT molecular complexity index is 570. The molecule has 104 valence electrons. The summed E-state index contributed by atoms with van der Waals surface area (Å²) >= 11 is 6.27. The summed E-state index contributed by atoms with van der Waals surface area (Å²) in [6.07, 6.45) is 1.91. The molecule has 0 spiro atoms. The van der Waals surface area contributed by atoms with Gasteiger partial charge in [-0.05, 0) is 20.4 Å². The molecule has 0 aliphatic carbocycles. The van der Waals surface area contributed by atoms with Crippen LogP contribution in [0.1, 0.15) is 29.6 Å². The van der Waals surface area contributed by atoms with Gasteiger partial charge < -0.3 is 5.32 Å². The fourth-order valence-corrected chi connectivity index (χ4v) is 2.29. The normalized spacial score (nSPS) is 11.2. The molecule has 0 unspecified atom stereocenters.